The highest BCUT2D eigenvalue weighted by molar-refractivity contribution is 7.92. The van der Waals surface area contributed by atoms with Crippen LogP contribution < -0.4 is 9.04 Å². The van der Waals surface area contributed by atoms with Crippen molar-refractivity contribution in [1.29, 1.82) is 0 Å². The number of anilines is 1. The largest absolute Gasteiger partial charge is 0.497 e. The fourth-order valence-electron chi connectivity index (χ4n) is 2.57. The molecular formula is C18H15ClF2N2O3S2. The van der Waals surface area contributed by atoms with E-state index in [1.807, 2.05) is 0 Å². The van der Waals surface area contributed by atoms with Crippen LogP contribution in [0.4, 0.5) is 14.6 Å². The first kappa shape index (κ1) is 20.5. The summed E-state index contributed by atoms with van der Waals surface area (Å²) in [6.07, 6.45) is 0. The topological polar surface area (TPSA) is 59.5 Å². The van der Waals surface area contributed by atoms with Crippen molar-refractivity contribution in [3.63, 3.8) is 0 Å². The number of ether oxygens (including phenoxy) is 1. The molecule has 0 aliphatic carbocycles. The number of nitrogens with zero attached hydrogens (tertiary/aromatic N) is 2. The van der Waals surface area contributed by atoms with Crippen LogP contribution in [-0.2, 0) is 16.6 Å². The Kier molecular flexibility index (Phi) is 5.87. The van der Waals surface area contributed by atoms with Crippen LogP contribution in [0.1, 0.15) is 11.1 Å². The van der Waals surface area contributed by atoms with Gasteiger partial charge in [-0.05, 0) is 36.2 Å². The summed E-state index contributed by atoms with van der Waals surface area (Å²) in [6, 6.07) is 6.39. The summed E-state index contributed by atoms with van der Waals surface area (Å²) in [7, 11) is -2.88. The van der Waals surface area contributed by atoms with E-state index in [1.54, 1.807) is 25.1 Å². The van der Waals surface area contributed by atoms with Gasteiger partial charge in [-0.15, -0.1) is 11.3 Å². The summed E-state index contributed by atoms with van der Waals surface area (Å²) in [5.41, 5.74) is 2.92. The zero-order valence-electron chi connectivity index (χ0n) is 14.8. The molecule has 1 heterocycles. The summed E-state index contributed by atoms with van der Waals surface area (Å²) in [5.74, 6) is -1.52. The van der Waals surface area contributed by atoms with Gasteiger partial charge < -0.3 is 4.74 Å². The fourth-order valence-corrected chi connectivity index (χ4v) is 4.87. The zero-order valence-corrected chi connectivity index (χ0v) is 17.2. The Hall–Kier alpha value is -2.23. The molecule has 3 aromatic rings. The predicted octanol–water partition coefficient (Wildman–Crippen LogP) is 4.79. The third-order valence-corrected chi connectivity index (χ3v) is 6.71. The van der Waals surface area contributed by atoms with Gasteiger partial charge in [0.2, 0.25) is 0 Å². The highest BCUT2D eigenvalue weighted by Gasteiger charge is 2.31. The number of sulfonamides is 1. The van der Waals surface area contributed by atoms with E-state index in [0.717, 1.165) is 15.9 Å². The van der Waals surface area contributed by atoms with Crippen LogP contribution in [0.2, 0.25) is 5.02 Å². The lowest BCUT2D eigenvalue weighted by molar-refractivity contribution is 0.414. The maximum Gasteiger partial charge on any atom is 0.268 e. The lowest BCUT2D eigenvalue weighted by Gasteiger charge is -2.23. The van der Waals surface area contributed by atoms with E-state index in [4.69, 9.17) is 16.3 Å². The molecule has 0 fully saturated rings. The van der Waals surface area contributed by atoms with Gasteiger partial charge in [0.15, 0.2) is 5.82 Å². The van der Waals surface area contributed by atoms with Gasteiger partial charge in [0.05, 0.1) is 24.2 Å². The van der Waals surface area contributed by atoms with Crippen molar-refractivity contribution in [2.45, 2.75) is 18.4 Å². The Labute approximate surface area is 170 Å². The van der Waals surface area contributed by atoms with Gasteiger partial charge in [-0.3, -0.25) is 0 Å². The molecule has 0 aliphatic rings. The molecule has 5 nitrogen and oxygen atoms in total. The van der Waals surface area contributed by atoms with Crippen LogP contribution in [0.5, 0.6) is 5.75 Å². The highest BCUT2D eigenvalue weighted by Crippen LogP contribution is 2.31. The molecular weight excluding hydrogens is 430 g/mol. The fraction of sp³-hybridized carbons (Fsp3) is 0.167. The average Bonchev–Trinajstić information content (AvgIpc) is 3.17. The summed E-state index contributed by atoms with van der Waals surface area (Å²) < 4.78 is 60.3. The van der Waals surface area contributed by atoms with Gasteiger partial charge in [-0.2, -0.15) is 0 Å². The molecule has 0 atom stereocenters. The lowest BCUT2D eigenvalue weighted by Crippen LogP contribution is -2.32. The molecule has 3 rings (SSSR count). The number of aromatic nitrogens is 1. The summed E-state index contributed by atoms with van der Waals surface area (Å²) >= 11 is 6.88. The average molecular weight is 445 g/mol. The first-order valence-corrected chi connectivity index (χ1v) is 10.7. The summed E-state index contributed by atoms with van der Waals surface area (Å²) in [4.78, 5) is 3.32. The van der Waals surface area contributed by atoms with Crippen LogP contribution in [0.25, 0.3) is 0 Å². The van der Waals surface area contributed by atoms with E-state index >= 15 is 0 Å². The molecule has 0 aliphatic heterocycles. The van der Waals surface area contributed by atoms with Crippen molar-refractivity contribution >= 4 is 38.8 Å². The second-order valence-electron chi connectivity index (χ2n) is 5.85. The molecule has 0 saturated heterocycles. The van der Waals surface area contributed by atoms with Gasteiger partial charge in [0.1, 0.15) is 22.3 Å². The summed E-state index contributed by atoms with van der Waals surface area (Å²) in [6.45, 7) is 1.70. The van der Waals surface area contributed by atoms with Gasteiger partial charge in [0, 0.05) is 11.4 Å². The molecule has 10 heteroatoms. The number of hydrogen-bond acceptors (Lipinski definition) is 5. The monoisotopic (exact) mass is 444 g/mol. The van der Waals surface area contributed by atoms with Crippen LogP contribution >= 0.6 is 22.9 Å². The van der Waals surface area contributed by atoms with E-state index in [2.05, 4.69) is 4.98 Å². The molecule has 2 aromatic carbocycles. The normalized spacial score (nSPS) is 11.5. The number of hydrogen-bond donors (Lipinski definition) is 0. The quantitative estimate of drug-likeness (QED) is 0.513. The van der Waals surface area contributed by atoms with E-state index in [9.17, 15) is 17.2 Å². The molecule has 0 radical (unpaired) electrons. The maximum atomic E-state index is 14.3. The van der Waals surface area contributed by atoms with Crippen LogP contribution in [0.3, 0.4) is 0 Å². The standard InChI is InChI=1S/C18H15ClF2N2O3S2/c1-11-5-13(26-2)4-3-12(11)8-23(18-9-27-10-22-18)28(24,25)17-6-14(19)15(20)7-16(17)21/h3-7,9-10H,8H2,1-2H3. The van der Waals surface area contributed by atoms with E-state index < -0.39 is 31.6 Å². The van der Waals surface area contributed by atoms with Gasteiger partial charge >= 0.3 is 0 Å². The third-order valence-electron chi connectivity index (χ3n) is 4.08. The van der Waals surface area contributed by atoms with Crippen molar-refractivity contribution in [2.24, 2.45) is 0 Å². The van der Waals surface area contributed by atoms with Crippen molar-refractivity contribution in [3.8, 4) is 5.75 Å². The Balaban J connectivity index is 2.10. The number of thiazole rings is 1. The van der Waals surface area contributed by atoms with Crippen LogP contribution in [0, 0.1) is 18.6 Å². The SMILES string of the molecule is COc1ccc(CN(c2cscn2)S(=O)(=O)c2cc(Cl)c(F)cc2F)c(C)c1. The Morgan fingerprint density at radius 2 is 1.96 bits per heavy atom. The summed E-state index contributed by atoms with van der Waals surface area (Å²) in [5, 5.41) is 1.04. The molecule has 0 bridgehead atoms. The Bertz CT molecular complexity index is 1110. The first-order chi connectivity index (χ1) is 13.2. The Morgan fingerprint density at radius 3 is 2.57 bits per heavy atom. The minimum absolute atomic E-state index is 0.101. The number of halogens is 3. The molecule has 148 valence electrons. The van der Waals surface area contributed by atoms with Crippen molar-refractivity contribution in [1.82, 2.24) is 4.98 Å². The number of benzene rings is 2. The molecule has 28 heavy (non-hydrogen) atoms. The number of aryl methyl sites for hydroxylation is 1. The molecule has 0 unspecified atom stereocenters. The van der Waals surface area contributed by atoms with E-state index in [1.165, 1.54) is 29.3 Å². The first-order valence-electron chi connectivity index (χ1n) is 7.93. The highest BCUT2D eigenvalue weighted by atomic mass is 35.5. The van der Waals surface area contributed by atoms with Crippen LogP contribution in [0.15, 0.2) is 46.1 Å². The van der Waals surface area contributed by atoms with E-state index in [0.29, 0.717) is 17.4 Å². The maximum absolute atomic E-state index is 14.3. The molecule has 1 aromatic heterocycles. The molecule has 0 saturated carbocycles. The van der Waals surface area contributed by atoms with Gasteiger partial charge in [0.25, 0.3) is 10.0 Å². The second-order valence-corrected chi connectivity index (χ2v) is 8.80. The van der Waals surface area contributed by atoms with Crippen molar-refractivity contribution < 1.29 is 21.9 Å². The number of methoxy groups -OCH3 is 1. The van der Waals surface area contributed by atoms with Crippen LogP contribution in [-0.4, -0.2) is 20.5 Å². The second kappa shape index (κ2) is 8.02. The van der Waals surface area contributed by atoms with Crippen molar-refractivity contribution in [2.75, 3.05) is 11.4 Å². The smallest absolute Gasteiger partial charge is 0.268 e. The number of rotatable bonds is 6. The van der Waals surface area contributed by atoms with Gasteiger partial charge in [-0.1, -0.05) is 17.7 Å². The molecule has 0 amide bonds. The minimum atomic E-state index is -4.40. The predicted molar refractivity (Wildman–Crippen MR) is 105 cm³/mol. The van der Waals surface area contributed by atoms with E-state index in [-0.39, 0.29) is 12.4 Å². The van der Waals surface area contributed by atoms with Gasteiger partial charge in [-0.25, -0.2) is 26.5 Å². The zero-order chi connectivity index (χ0) is 20.5. The third kappa shape index (κ3) is 3.96. The molecule has 0 spiro atoms. The minimum Gasteiger partial charge on any atom is -0.497 e. The Morgan fingerprint density at radius 1 is 1.21 bits per heavy atom. The molecule has 0 N–H and O–H groups in total. The van der Waals surface area contributed by atoms with Crippen molar-refractivity contribution in [3.05, 3.63) is 69.0 Å². The lowest BCUT2D eigenvalue weighted by atomic mass is 10.1.